The molecule has 0 aliphatic carbocycles. The van der Waals surface area contributed by atoms with Crippen molar-refractivity contribution in [1.29, 1.82) is 0 Å². The van der Waals surface area contributed by atoms with Gasteiger partial charge in [-0.05, 0) is 45.2 Å². The summed E-state index contributed by atoms with van der Waals surface area (Å²) in [4.78, 5) is 9.73. The average molecular weight is 260 g/mol. The molecule has 1 fully saturated rings. The van der Waals surface area contributed by atoms with Gasteiger partial charge in [-0.1, -0.05) is 0 Å². The molecule has 1 saturated heterocycles. The molecule has 2 aliphatic rings. The molecule has 1 aromatic rings. The van der Waals surface area contributed by atoms with Crippen LogP contribution < -0.4 is 15.1 Å². The summed E-state index contributed by atoms with van der Waals surface area (Å²) in [7, 11) is 0. The third kappa shape index (κ3) is 2.36. The van der Waals surface area contributed by atoms with Crippen molar-refractivity contribution in [3.05, 3.63) is 12.1 Å². The van der Waals surface area contributed by atoms with Crippen LogP contribution in [0.25, 0.3) is 0 Å². The van der Waals surface area contributed by atoms with E-state index < -0.39 is 0 Å². The second-order valence-corrected chi connectivity index (χ2v) is 5.58. The molecule has 0 saturated carbocycles. The van der Waals surface area contributed by atoms with Gasteiger partial charge < -0.3 is 15.1 Å². The zero-order valence-corrected chi connectivity index (χ0v) is 12.0. The zero-order valence-electron chi connectivity index (χ0n) is 12.0. The summed E-state index contributed by atoms with van der Waals surface area (Å²) in [6.07, 6.45) is 3.75. The molecule has 0 spiro atoms. The molecule has 4 heteroatoms. The van der Waals surface area contributed by atoms with E-state index in [2.05, 4.69) is 41.1 Å². The molecule has 19 heavy (non-hydrogen) atoms. The van der Waals surface area contributed by atoms with Crippen LogP contribution >= 0.6 is 0 Å². The van der Waals surface area contributed by atoms with Crippen LogP contribution in [0.1, 0.15) is 33.1 Å². The molecular weight excluding hydrogens is 236 g/mol. The van der Waals surface area contributed by atoms with E-state index in [0.717, 1.165) is 37.8 Å². The van der Waals surface area contributed by atoms with Crippen molar-refractivity contribution in [1.82, 2.24) is 4.98 Å². The highest BCUT2D eigenvalue weighted by molar-refractivity contribution is 5.69. The topological polar surface area (TPSA) is 31.4 Å². The van der Waals surface area contributed by atoms with Gasteiger partial charge >= 0.3 is 0 Å². The van der Waals surface area contributed by atoms with Crippen LogP contribution in [0.3, 0.4) is 0 Å². The van der Waals surface area contributed by atoms with Gasteiger partial charge in [0, 0.05) is 32.2 Å². The van der Waals surface area contributed by atoms with Crippen molar-refractivity contribution in [2.45, 2.75) is 39.2 Å². The monoisotopic (exact) mass is 260 g/mol. The average Bonchev–Trinajstić information content (AvgIpc) is 2.74. The zero-order chi connectivity index (χ0) is 13.2. The quantitative estimate of drug-likeness (QED) is 0.886. The van der Waals surface area contributed by atoms with E-state index in [1.54, 1.807) is 0 Å². The first-order chi connectivity index (χ1) is 9.29. The molecule has 0 radical (unpaired) electrons. The van der Waals surface area contributed by atoms with Gasteiger partial charge in [0.15, 0.2) is 5.82 Å². The Bertz CT molecular complexity index is 446. The first-order valence-corrected chi connectivity index (χ1v) is 7.56. The van der Waals surface area contributed by atoms with Crippen LogP contribution in [0.15, 0.2) is 12.1 Å². The fraction of sp³-hybridized carbons (Fsp3) is 0.667. The number of anilines is 3. The molecule has 3 heterocycles. The molecule has 1 aromatic heterocycles. The number of aromatic nitrogens is 1. The smallest absolute Gasteiger partial charge is 0.152 e. The van der Waals surface area contributed by atoms with Gasteiger partial charge in [0.05, 0.1) is 5.69 Å². The first-order valence-electron chi connectivity index (χ1n) is 7.56. The normalized spacial score (nSPS) is 22.9. The van der Waals surface area contributed by atoms with E-state index in [9.17, 15) is 0 Å². The number of rotatable bonds is 2. The van der Waals surface area contributed by atoms with E-state index in [0.29, 0.717) is 6.04 Å². The Morgan fingerprint density at radius 1 is 1.32 bits per heavy atom. The fourth-order valence-corrected chi connectivity index (χ4v) is 3.19. The maximum atomic E-state index is 4.88. The van der Waals surface area contributed by atoms with E-state index in [-0.39, 0.29) is 0 Å². The lowest BCUT2D eigenvalue weighted by Crippen LogP contribution is -2.28. The molecule has 1 atom stereocenters. The van der Waals surface area contributed by atoms with Crippen molar-refractivity contribution in [3.8, 4) is 0 Å². The lowest BCUT2D eigenvalue weighted by atomic mass is 10.2. The minimum absolute atomic E-state index is 0.624. The molecule has 0 bridgehead atoms. The van der Waals surface area contributed by atoms with Gasteiger partial charge in [-0.2, -0.15) is 0 Å². The lowest BCUT2D eigenvalue weighted by Gasteiger charge is -2.26. The number of pyridine rings is 1. The number of fused-ring (bicyclic) bond motifs is 1. The molecular formula is C15H24N4. The molecule has 2 aliphatic heterocycles. The first kappa shape index (κ1) is 12.6. The van der Waals surface area contributed by atoms with Crippen molar-refractivity contribution >= 4 is 17.3 Å². The lowest BCUT2D eigenvalue weighted by molar-refractivity contribution is 0.727. The van der Waals surface area contributed by atoms with Crippen molar-refractivity contribution in [3.63, 3.8) is 0 Å². The highest BCUT2D eigenvalue weighted by atomic mass is 15.3. The van der Waals surface area contributed by atoms with Gasteiger partial charge in [-0.25, -0.2) is 4.98 Å². The fourth-order valence-electron chi connectivity index (χ4n) is 3.19. The van der Waals surface area contributed by atoms with Crippen molar-refractivity contribution < 1.29 is 0 Å². The second-order valence-electron chi connectivity index (χ2n) is 5.58. The molecule has 0 aromatic carbocycles. The van der Waals surface area contributed by atoms with Crippen LogP contribution in [-0.4, -0.2) is 37.2 Å². The summed E-state index contributed by atoms with van der Waals surface area (Å²) in [6, 6.07) is 5.06. The third-order valence-electron chi connectivity index (χ3n) is 4.33. The van der Waals surface area contributed by atoms with E-state index in [4.69, 9.17) is 4.98 Å². The van der Waals surface area contributed by atoms with Crippen LogP contribution in [0.5, 0.6) is 0 Å². The van der Waals surface area contributed by atoms with Crippen LogP contribution in [0, 0.1) is 0 Å². The number of hydrogen-bond donors (Lipinski definition) is 1. The molecule has 104 valence electrons. The second kappa shape index (κ2) is 5.27. The molecule has 0 amide bonds. The van der Waals surface area contributed by atoms with Crippen molar-refractivity contribution in [2.75, 3.05) is 41.3 Å². The third-order valence-corrected chi connectivity index (χ3v) is 4.33. The maximum Gasteiger partial charge on any atom is 0.152 e. The summed E-state index contributed by atoms with van der Waals surface area (Å²) in [6.45, 7) is 8.85. The Morgan fingerprint density at radius 3 is 2.95 bits per heavy atom. The Balaban J connectivity index is 1.92. The van der Waals surface area contributed by atoms with E-state index in [1.807, 2.05) is 0 Å². The Labute approximate surface area is 115 Å². The summed E-state index contributed by atoms with van der Waals surface area (Å²) in [5, 5.41) is 3.49. The largest absolute Gasteiger partial charge is 0.369 e. The predicted octanol–water partition coefficient (Wildman–Crippen LogP) is 2.71. The minimum Gasteiger partial charge on any atom is -0.369 e. The van der Waals surface area contributed by atoms with Gasteiger partial charge in [-0.3, -0.25) is 0 Å². The van der Waals surface area contributed by atoms with Crippen molar-refractivity contribution in [2.24, 2.45) is 0 Å². The Hall–Kier alpha value is -1.45. The van der Waals surface area contributed by atoms with Gasteiger partial charge in [0.25, 0.3) is 0 Å². The number of nitrogens with one attached hydrogen (secondary N) is 1. The van der Waals surface area contributed by atoms with Crippen LogP contribution in [-0.2, 0) is 0 Å². The number of nitrogens with zero attached hydrogens (tertiary/aromatic N) is 3. The van der Waals surface area contributed by atoms with E-state index in [1.165, 1.54) is 24.9 Å². The standard InChI is InChI=1S/C15H24N4/c1-3-18-10-5-9-16-15-13(18)7-8-14(17-15)19-11-4-6-12(19)2/h7-8,12H,3-6,9-11H2,1-2H3,(H,16,17)/t12-/m1/s1. The maximum absolute atomic E-state index is 4.88. The van der Waals surface area contributed by atoms with E-state index >= 15 is 0 Å². The highest BCUT2D eigenvalue weighted by Crippen LogP contribution is 2.31. The summed E-state index contributed by atoms with van der Waals surface area (Å²) in [5.41, 5.74) is 1.26. The molecule has 1 N–H and O–H groups in total. The Morgan fingerprint density at radius 2 is 2.21 bits per heavy atom. The molecule has 0 unspecified atom stereocenters. The van der Waals surface area contributed by atoms with Gasteiger partial charge in [-0.15, -0.1) is 0 Å². The van der Waals surface area contributed by atoms with Gasteiger partial charge in [0.1, 0.15) is 5.82 Å². The SMILES string of the molecule is CCN1CCCNc2nc(N3CCC[C@H]3C)ccc21. The van der Waals surface area contributed by atoms with Gasteiger partial charge in [0.2, 0.25) is 0 Å². The summed E-state index contributed by atoms with van der Waals surface area (Å²) >= 11 is 0. The molecule has 3 rings (SSSR count). The summed E-state index contributed by atoms with van der Waals surface area (Å²) in [5.74, 6) is 2.20. The predicted molar refractivity (Wildman–Crippen MR) is 81.3 cm³/mol. The minimum atomic E-state index is 0.624. The van der Waals surface area contributed by atoms with Crippen LogP contribution in [0.4, 0.5) is 17.3 Å². The highest BCUT2D eigenvalue weighted by Gasteiger charge is 2.23. The Kier molecular flexibility index (Phi) is 3.49. The van der Waals surface area contributed by atoms with Crippen LogP contribution in [0.2, 0.25) is 0 Å². The number of hydrogen-bond acceptors (Lipinski definition) is 4. The molecule has 4 nitrogen and oxygen atoms in total. The summed E-state index contributed by atoms with van der Waals surface area (Å²) < 4.78 is 0.